The minimum atomic E-state index is 0.367. The third kappa shape index (κ3) is 4.55. The lowest BCUT2D eigenvalue weighted by Gasteiger charge is -2.18. The minimum Gasteiger partial charge on any atom is -0.343 e. The summed E-state index contributed by atoms with van der Waals surface area (Å²) in [5, 5.41) is 5.91. The second kappa shape index (κ2) is 9.30. The van der Waals surface area contributed by atoms with Gasteiger partial charge in [0.2, 0.25) is 0 Å². The van der Waals surface area contributed by atoms with Gasteiger partial charge in [0.1, 0.15) is 0 Å². The number of hydrogen-bond donors (Lipinski definition) is 1. The molecule has 1 heterocycles. The van der Waals surface area contributed by atoms with E-state index in [1.54, 1.807) is 0 Å². The van der Waals surface area contributed by atoms with Crippen LogP contribution >= 0.6 is 11.6 Å². The van der Waals surface area contributed by atoms with E-state index in [0.29, 0.717) is 6.04 Å². The smallest absolute Gasteiger partial charge is 0.0491 e. The van der Waals surface area contributed by atoms with Gasteiger partial charge < -0.3 is 9.88 Å². The van der Waals surface area contributed by atoms with Gasteiger partial charge in [-0.25, -0.2) is 0 Å². The van der Waals surface area contributed by atoms with Crippen LogP contribution < -0.4 is 5.32 Å². The van der Waals surface area contributed by atoms with Gasteiger partial charge in [-0.2, -0.15) is 0 Å². The van der Waals surface area contributed by atoms with Crippen LogP contribution in [0.3, 0.4) is 0 Å². The number of benzene rings is 3. The number of rotatable bonds is 8. The largest absolute Gasteiger partial charge is 0.343 e. The molecule has 3 aromatic carbocycles. The average Bonchev–Trinajstić information content (AvgIpc) is 3.11. The normalized spacial score (nSPS) is 12.3. The summed E-state index contributed by atoms with van der Waals surface area (Å²) >= 11 is 6.41. The molecule has 1 aromatic heterocycles. The van der Waals surface area contributed by atoms with E-state index < -0.39 is 0 Å². The summed E-state index contributed by atoms with van der Waals surface area (Å²) in [6.07, 6.45) is 4.55. The highest BCUT2D eigenvalue weighted by Crippen LogP contribution is 2.26. The van der Waals surface area contributed by atoms with Crippen LogP contribution in [0.25, 0.3) is 10.9 Å². The van der Waals surface area contributed by atoms with Crippen molar-refractivity contribution in [1.29, 1.82) is 0 Å². The molecule has 0 radical (unpaired) electrons. The highest BCUT2D eigenvalue weighted by Gasteiger charge is 2.13. The molecule has 29 heavy (non-hydrogen) atoms. The zero-order chi connectivity index (χ0) is 20.1. The summed E-state index contributed by atoms with van der Waals surface area (Å²) in [4.78, 5) is 0. The maximum atomic E-state index is 6.41. The Bertz CT molecular complexity index is 1070. The van der Waals surface area contributed by atoms with Crippen LogP contribution in [0, 0.1) is 0 Å². The van der Waals surface area contributed by atoms with E-state index in [9.17, 15) is 0 Å². The molecule has 0 unspecified atom stereocenters. The van der Waals surface area contributed by atoms with Crippen molar-refractivity contribution < 1.29 is 0 Å². The van der Waals surface area contributed by atoms with E-state index >= 15 is 0 Å². The molecule has 1 N–H and O–H groups in total. The van der Waals surface area contributed by atoms with Crippen molar-refractivity contribution >= 4 is 22.5 Å². The minimum absolute atomic E-state index is 0.367. The molecule has 0 aliphatic carbocycles. The predicted molar refractivity (Wildman–Crippen MR) is 123 cm³/mol. The van der Waals surface area contributed by atoms with Crippen LogP contribution in [0.5, 0.6) is 0 Å². The van der Waals surface area contributed by atoms with Gasteiger partial charge >= 0.3 is 0 Å². The molecule has 2 nitrogen and oxygen atoms in total. The molecular weight excluding hydrogens is 376 g/mol. The third-order valence-electron chi connectivity index (χ3n) is 5.49. The van der Waals surface area contributed by atoms with Crippen LogP contribution in [0.15, 0.2) is 85.1 Å². The molecule has 4 rings (SSSR count). The maximum absolute atomic E-state index is 6.41. The van der Waals surface area contributed by atoms with Crippen molar-refractivity contribution in [3.63, 3.8) is 0 Å². The number of nitrogens with one attached hydrogen (secondary N) is 1. The lowest BCUT2D eigenvalue weighted by molar-refractivity contribution is 0.494. The zero-order valence-electron chi connectivity index (χ0n) is 16.8. The first kappa shape index (κ1) is 19.8. The molecule has 4 aromatic rings. The van der Waals surface area contributed by atoms with Gasteiger partial charge in [0.15, 0.2) is 0 Å². The van der Waals surface area contributed by atoms with E-state index in [-0.39, 0.29) is 0 Å². The summed E-state index contributed by atoms with van der Waals surface area (Å²) in [6, 6.07) is 27.8. The van der Waals surface area contributed by atoms with Crippen molar-refractivity contribution in [3.8, 4) is 0 Å². The highest BCUT2D eigenvalue weighted by atomic mass is 35.5. The molecule has 0 saturated carbocycles. The number of para-hydroxylation sites is 1. The Morgan fingerprint density at radius 3 is 2.38 bits per heavy atom. The lowest BCUT2D eigenvalue weighted by atomic mass is 10.0. The second-order valence-electron chi connectivity index (χ2n) is 7.52. The molecule has 0 amide bonds. The first-order valence-electron chi connectivity index (χ1n) is 10.3. The van der Waals surface area contributed by atoms with E-state index in [2.05, 4.69) is 83.7 Å². The van der Waals surface area contributed by atoms with E-state index in [0.717, 1.165) is 36.5 Å². The van der Waals surface area contributed by atoms with Gasteiger partial charge in [-0.1, -0.05) is 91.7 Å². The fraction of sp³-hybridized carbons (Fsp3) is 0.231. The summed E-state index contributed by atoms with van der Waals surface area (Å²) in [5.74, 6) is 0. The first-order chi connectivity index (χ1) is 14.3. The van der Waals surface area contributed by atoms with Crippen molar-refractivity contribution in [3.05, 3.63) is 107 Å². The van der Waals surface area contributed by atoms with Crippen molar-refractivity contribution in [1.82, 2.24) is 9.88 Å². The number of hydrogen-bond acceptors (Lipinski definition) is 1. The van der Waals surface area contributed by atoms with E-state index in [1.807, 2.05) is 18.2 Å². The van der Waals surface area contributed by atoms with Gasteiger partial charge in [0.05, 0.1) is 0 Å². The van der Waals surface area contributed by atoms with Gasteiger partial charge in [0.25, 0.3) is 0 Å². The first-order valence-corrected chi connectivity index (χ1v) is 10.7. The predicted octanol–water partition coefficient (Wildman–Crippen LogP) is 6.97. The van der Waals surface area contributed by atoms with Gasteiger partial charge in [-0.3, -0.25) is 0 Å². The summed E-state index contributed by atoms with van der Waals surface area (Å²) in [6.45, 7) is 3.86. The van der Waals surface area contributed by atoms with E-state index in [4.69, 9.17) is 11.6 Å². The lowest BCUT2D eigenvalue weighted by Crippen LogP contribution is -2.20. The van der Waals surface area contributed by atoms with E-state index in [1.165, 1.54) is 22.0 Å². The molecule has 1 atom stereocenters. The van der Waals surface area contributed by atoms with Crippen LogP contribution in [0.2, 0.25) is 5.02 Å². The second-order valence-corrected chi connectivity index (χ2v) is 7.93. The van der Waals surface area contributed by atoms with Gasteiger partial charge in [0, 0.05) is 41.3 Å². The Morgan fingerprint density at radius 2 is 1.59 bits per heavy atom. The van der Waals surface area contributed by atoms with Crippen molar-refractivity contribution in [2.24, 2.45) is 0 Å². The molecule has 0 bridgehead atoms. The van der Waals surface area contributed by atoms with Gasteiger partial charge in [-0.05, 0) is 35.2 Å². The molecule has 0 aliphatic heterocycles. The standard InChI is InChI=1S/C26H27ClN2/c1-2-10-25(20-11-4-3-5-12-20)28-17-22-19-29(26-16-9-7-14-23(22)26)18-21-13-6-8-15-24(21)27/h3-9,11-16,19,25,28H,2,10,17-18H2,1H3/t25-/m1/s1. The van der Waals surface area contributed by atoms with Gasteiger partial charge in [-0.15, -0.1) is 0 Å². The Morgan fingerprint density at radius 1 is 0.862 bits per heavy atom. The summed E-state index contributed by atoms with van der Waals surface area (Å²) < 4.78 is 2.31. The van der Waals surface area contributed by atoms with Crippen LogP contribution in [-0.2, 0) is 13.1 Å². The fourth-order valence-corrected chi connectivity index (χ4v) is 4.19. The Labute approximate surface area is 178 Å². The van der Waals surface area contributed by atoms with Crippen molar-refractivity contribution in [2.45, 2.75) is 38.9 Å². The topological polar surface area (TPSA) is 17.0 Å². The van der Waals surface area contributed by atoms with Crippen molar-refractivity contribution in [2.75, 3.05) is 0 Å². The SMILES string of the molecule is CCC[C@@H](NCc1cn(Cc2ccccc2Cl)c2ccccc12)c1ccccc1. The number of nitrogens with zero attached hydrogens (tertiary/aromatic N) is 1. The molecule has 3 heteroatoms. The number of halogens is 1. The molecular formula is C26H27ClN2. The third-order valence-corrected chi connectivity index (χ3v) is 5.86. The van der Waals surface area contributed by atoms with Crippen LogP contribution in [-0.4, -0.2) is 4.57 Å². The number of fused-ring (bicyclic) bond motifs is 1. The Hall–Kier alpha value is -2.55. The molecule has 0 fully saturated rings. The zero-order valence-corrected chi connectivity index (χ0v) is 17.6. The Kier molecular flexibility index (Phi) is 6.33. The fourth-order valence-electron chi connectivity index (χ4n) is 4.00. The molecule has 0 spiro atoms. The highest BCUT2D eigenvalue weighted by molar-refractivity contribution is 6.31. The quantitative estimate of drug-likeness (QED) is 0.336. The molecule has 0 saturated heterocycles. The maximum Gasteiger partial charge on any atom is 0.0491 e. The summed E-state index contributed by atoms with van der Waals surface area (Å²) in [5.41, 5.74) is 5.07. The monoisotopic (exact) mass is 402 g/mol. The summed E-state index contributed by atoms with van der Waals surface area (Å²) in [7, 11) is 0. The van der Waals surface area contributed by atoms with Crippen LogP contribution in [0.4, 0.5) is 0 Å². The Balaban J connectivity index is 1.60. The average molecular weight is 403 g/mol. The molecule has 148 valence electrons. The number of aromatic nitrogens is 1. The van der Waals surface area contributed by atoms with Crippen LogP contribution in [0.1, 0.15) is 42.5 Å². The molecule has 0 aliphatic rings.